The molecule has 0 radical (unpaired) electrons. The maximum atomic E-state index is 12.7. The van der Waals surface area contributed by atoms with Crippen LogP contribution in [-0.4, -0.2) is 26.8 Å². The third-order valence-corrected chi connectivity index (χ3v) is 5.41. The van der Waals surface area contributed by atoms with Gasteiger partial charge in [-0.2, -0.15) is 0 Å². The normalized spacial score (nSPS) is 17.0. The molecule has 9 heteroatoms. The maximum absolute atomic E-state index is 12.7. The molecule has 0 aromatic heterocycles. The summed E-state index contributed by atoms with van der Waals surface area (Å²) in [4.78, 5) is 25.1. The molecule has 2 aromatic rings. The lowest BCUT2D eigenvalue weighted by Crippen LogP contribution is -2.27. The van der Waals surface area contributed by atoms with Gasteiger partial charge in [0.25, 0.3) is 11.6 Å². The number of non-ortho nitro benzene ring substituents is 1. The number of hydrogen-bond acceptors (Lipinski definition) is 7. The fraction of sp³-hybridized carbons (Fsp3) is 0.111. The van der Waals surface area contributed by atoms with Gasteiger partial charge in [-0.15, -0.1) is 0 Å². The zero-order valence-electron chi connectivity index (χ0n) is 13.8. The van der Waals surface area contributed by atoms with E-state index in [4.69, 9.17) is 21.7 Å². The van der Waals surface area contributed by atoms with Crippen molar-refractivity contribution in [2.45, 2.75) is 6.54 Å². The number of nitro benzene ring substituents is 1. The highest BCUT2D eigenvalue weighted by Gasteiger charge is 2.32. The Kier molecular flexibility index (Phi) is 4.54. The summed E-state index contributed by atoms with van der Waals surface area (Å²) in [6.45, 7) is 0.499. The Morgan fingerprint density at radius 3 is 2.85 bits per heavy atom. The summed E-state index contributed by atoms with van der Waals surface area (Å²) in [7, 11) is 0. The van der Waals surface area contributed by atoms with Crippen LogP contribution in [0.25, 0.3) is 6.08 Å². The number of carbonyl (C=O) groups is 1. The van der Waals surface area contributed by atoms with Crippen molar-refractivity contribution in [3.8, 4) is 11.5 Å². The number of thioether (sulfide) groups is 1. The number of ether oxygens (including phenoxy) is 2. The lowest BCUT2D eigenvalue weighted by molar-refractivity contribution is -0.384. The second kappa shape index (κ2) is 7.01. The SMILES string of the molecule is O=C1/C(=C/c2cccc([N+](=O)[O-])c2)SC(=S)N1Cc1ccc2c(c1)OCO2. The first-order chi connectivity index (χ1) is 13.0. The number of hydrogen-bond donors (Lipinski definition) is 0. The zero-order chi connectivity index (χ0) is 19.0. The van der Waals surface area contributed by atoms with E-state index in [1.165, 1.54) is 28.8 Å². The van der Waals surface area contributed by atoms with Crippen LogP contribution in [0.5, 0.6) is 11.5 Å². The molecule has 27 heavy (non-hydrogen) atoms. The summed E-state index contributed by atoms with van der Waals surface area (Å²) < 4.78 is 11.1. The topological polar surface area (TPSA) is 81.9 Å². The van der Waals surface area contributed by atoms with E-state index in [1.807, 2.05) is 12.1 Å². The first-order valence-electron chi connectivity index (χ1n) is 7.89. The predicted molar refractivity (Wildman–Crippen MR) is 104 cm³/mol. The van der Waals surface area contributed by atoms with E-state index in [9.17, 15) is 14.9 Å². The van der Waals surface area contributed by atoms with Crippen molar-refractivity contribution in [3.05, 3.63) is 68.6 Å². The molecule has 1 fully saturated rings. The van der Waals surface area contributed by atoms with Crippen molar-refractivity contribution in [2.24, 2.45) is 0 Å². The molecule has 4 rings (SSSR count). The highest BCUT2D eigenvalue weighted by Crippen LogP contribution is 2.36. The Morgan fingerprint density at radius 1 is 1.22 bits per heavy atom. The first kappa shape index (κ1) is 17.5. The van der Waals surface area contributed by atoms with Crippen LogP contribution in [0.15, 0.2) is 47.4 Å². The molecule has 7 nitrogen and oxygen atoms in total. The van der Waals surface area contributed by atoms with Crippen molar-refractivity contribution >= 4 is 46.0 Å². The molecule has 0 unspecified atom stereocenters. The Morgan fingerprint density at radius 2 is 2.04 bits per heavy atom. The quantitative estimate of drug-likeness (QED) is 0.335. The van der Waals surface area contributed by atoms with Crippen LogP contribution in [0.2, 0.25) is 0 Å². The first-order valence-corrected chi connectivity index (χ1v) is 9.12. The lowest BCUT2D eigenvalue weighted by atomic mass is 10.1. The molecule has 0 aliphatic carbocycles. The third kappa shape index (κ3) is 3.51. The number of amides is 1. The maximum Gasteiger partial charge on any atom is 0.270 e. The van der Waals surface area contributed by atoms with E-state index in [1.54, 1.807) is 24.3 Å². The van der Waals surface area contributed by atoms with Crippen LogP contribution in [0.1, 0.15) is 11.1 Å². The monoisotopic (exact) mass is 400 g/mol. The molecule has 136 valence electrons. The minimum atomic E-state index is -0.470. The zero-order valence-corrected chi connectivity index (χ0v) is 15.4. The van der Waals surface area contributed by atoms with Gasteiger partial charge in [-0.05, 0) is 29.3 Å². The molecular formula is C18H12N2O5S2. The fourth-order valence-corrected chi connectivity index (χ4v) is 3.99. The predicted octanol–water partition coefficient (Wildman–Crippen LogP) is 3.72. The lowest BCUT2D eigenvalue weighted by Gasteiger charge is -2.14. The second-order valence-electron chi connectivity index (χ2n) is 5.81. The van der Waals surface area contributed by atoms with Crippen molar-refractivity contribution in [2.75, 3.05) is 6.79 Å². The summed E-state index contributed by atoms with van der Waals surface area (Å²) in [5.74, 6) is 1.09. The van der Waals surface area contributed by atoms with Gasteiger partial charge in [0.2, 0.25) is 6.79 Å². The fourth-order valence-electron chi connectivity index (χ4n) is 2.74. The Hall–Kier alpha value is -2.91. The van der Waals surface area contributed by atoms with E-state index in [-0.39, 0.29) is 18.4 Å². The molecule has 0 spiro atoms. The van der Waals surface area contributed by atoms with Crippen LogP contribution >= 0.6 is 24.0 Å². The molecule has 0 bridgehead atoms. The number of benzene rings is 2. The van der Waals surface area contributed by atoms with Gasteiger partial charge in [-0.1, -0.05) is 42.2 Å². The second-order valence-corrected chi connectivity index (χ2v) is 7.48. The summed E-state index contributed by atoms with van der Waals surface area (Å²) in [5.41, 5.74) is 1.42. The molecule has 2 aliphatic heterocycles. The number of fused-ring (bicyclic) bond motifs is 1. The highest BCUT2D eigenvalue weighted by atomic mass is 32.2. The van der Waals surface area contributed by atoms with E-state index < -0.39 is 4.92 Å². The molecule has 0 N–H and O–H groups in total. The Balaban J connectivity index is 1.55. The molecule has 2 aliphatic rings. The largest absolute Gasteiger partial charge is 0.454 e. The summed E-state index contributed by atoms with van der Waals surface area (Å²) in [5, 5.41) is 10.9. The highest BCUT2D eigenvalue weighted by molar-refractivity contribution is 8.26. The number of thiocarbonyl (C=S) groups is 1. The van der Waals surface area contributed by atoms with E-state index in [2.05, 4.69) is 0 Å². The Labute approximate surface area is 163 Å². The van der Waals surface area contributed by atoms with Gasteiger partial charge < -0.3 is 9.47 Å². The molecular weight excluding hydrogens is 388 g/mol. The van der Waals surface area contributed by atoms with Gasteiger partial charge >= 0.3 is 0 Å². The van der Waals surface area contributed by atoms with Crippen molar-refractivity contribution < 1.29 is 19.2 Å². The average molecular weight is 400 g/mol. The van der Waals surface area contributed by atoms with Crippen molar-refractivity contribution in [1.82, 2.24) is 4.90 Å². The van der Waals surface area contributed by atoms with Gasteiger partial charge in [-0.25, -0.2) is 0 Å². The number of nitro groups is 1. The molecule has 1 saturated heterocycles. The summed E-state index contributed by atoms with van der Waals surface area (Å²) in [6, 6.07) is 11.6. The van der Waals surface area contributed by atoms with E-state index in [0.717, 1.165) is 5.56 Å². The Bertz CT molecular complexity index is 1000. The number of carbonyl (C=O) groups excluding carboxylic acids is 1. The van der Waals surface area contributed by atoms with Crippen LogP contribution < -0.4 is 9.47 Å². The van der Waals surface area contributed by atoms with Crippen molar-refractivity contribution in [1.29, 1.82) is 0 Å². The summed E-state index contributed by atoms with van der Waals surface area (Å²) in [6.07, 6.45) is 1.62. The van der Waals surface area contributed by atoms with Gasteiger partial charge in [0.15, 0.2) is 11.5 Å². The molecule has 0 atom stereocenters. The van der Waals surface area contributed by atoms with Gasteiger partial charge in [0.05, 0.1) is 16.4 Å². The van der Waals surface area contributed by atoms with E-state index >= 15 is 0 Å². The van der Waals surface area contributed by atoms with Crippen LogP contribution in [0.4, 0.5) is 5.69 Å². The van der Waals surface area contributed by atoms with Crippen LogP contribution in [0.3, 0.4) is 0 Å². The minimum absolute atomic E-state index is 0.0282. The minimum Gasteiger partial charge on any atom is -0.454 e. The smallest absolute Gasteiger partial charge is 0.270 e. The van der Waals surface area contributed by atoms with E-state index in [0.29, 0.717) is 32.8 Å². The van der Waals surface area contributed by atoms with Crippen LogP contribution in [0, 0.1) is 10.1 Å². The number of nitrogens with zero attached hydrogens (tertiary/aromatic N) is 2. The van der Waals surface area contributed by atoms with Crippen molar-refractivity contribution in [3.63, 3.8) is 0 Å². The molecule has 0 saturated carbocycles. The number of rotatable bonds is 4. The third-order valence-electron chi connectivity index (χ3n) is 4.03. The van der Waals surface area contributed by atoms with Gasteiger partial charge in [-0.3, -0.25) is 19.8 Å². The van der Waals surface area contributed by atoms with Gasteiger partial charge in [0.1, 0.15) is 4.32 Å². The summed E-state index contributed by atoms with van der Waals surface area (Å²) >= 11 is 6.52. The van der Waals surface area contributed by atoms with Crippen LogP contribution in [-0.2, 0) is 11.3 Å². The molecule has 2 heterocycles. The standard InChI is InChI=1S/C18H12N2O5S2/c21-17-16(8-11-2-1-3-13(6-11)20(22)23)27-18(26)19(17)9-12-4-5-14-15(7-12)25-10-24-14/h1-8H,9-10H2/b16-8-. The molecule has 2 aromatic carbocycles. The molecule has 1 amide bonds. The average Bonchev–Trinajstić information content (AvgIpc) is 3.22. The van der Waals surface area contributed by atoms with Gasteiger partial charge in [0, 0.05) is 12.1 Å².